The van der Waals surface area contributed by atoms with Crippen molar-refractivity contribution in [3.8, 4) is 11.1 Å². The van der Waals surface area contributed by atoms with E-state index in [0.29, 0.717) is 35.4 Å². The van der Waals surface area contributed by atoms with Gasteiger partial charge in [0.05, 0.1) is 11.1 Å². The van der Waals surface area contributed by atoms with E-state index in [2.05, 4.69) is 15.3 Å². The summed E-state index contributed by atoms with van der Waals surface area (Å²) in [6.45, 7) is 0.907. The Hall–Kier alpha value is -3.68. The third kappa shape index (κ3) is 3.82. The van der Waals surface area contributed by atoms with Gasteiger partial charge in [0.15, 0.2) is 0 Å². The van der Waals surface area contributed by atoms with Crippen LogP contribution in [0.15, 0.2) is 48.8 Å². The number of hydrogen-bond donors (Lipinski definition) is 3. The Balaban J connectivity index is 1.77. The quantitative estimate of drug-likeness (QED) is 0.629. The van der Waals surface area contributed by atoms with Crippen molar-refractivity contribution in [1.82, 2.24) is 14.9 Å². The van der Waals surface area contributed by atoms with Gasteiger partial charge in [0.25, 0.3) is 5.91 Å². The number of aromatic nitrogens is 2. The molecule has 1 saturated heterocycles. The summed E-state index contributed by atoms with van der Waals surface area (Å²) >= 11 is 0. The highest BCUT2D eigenvalue weighted by atomic mass is 16.4. The standard InChI is InChI=1S/C21H21N5O3/c22-19(27)16-9-14(13-5-2-1-3-6-13)10-17-18(16)23-12-24-20(17)25-15-7-4-8-26(11-15)21(28)29/h1-3,5-6,9-10,12,15H,4,7-8,11H2,(H2,22,27)(H,28,29)(H,23,24,25)/t15-/m0/s1. The summed E-state index contributed by atoms with van der Waals surface area (Å²) in [4.78, 5) is 33.4. The van der Waals surface area contributed by atoms with Crippen molar-refractivity contribution in [3.05, 3.63) is 54.4 Å². The summed E-state index contributed by atoms with van der Waals surface area (Å²) in [5.41, 5.74) is 8.20. The number of carbonyl (C=O) groups is 2. The molecule has 8 nitrogen and oxygen atoms in total. The molecule has 1 fully saturated rings. The van der Waals surface area contributed by atoms with Gasteiger partial charge in [-0.3, -0.25) is 4.79 Å². The Labute approximate surface area is 167 Å². The summed E-state index contributed by atoms with van der Waals surface area (Å²) in [6.07, 6.45) is 2.06. The molecule has 0 bridgehead atoms. The summed E-state index contributed by atoms with van der Waals surface area (Å²) in [6, 6.07) is 13.3. The highest BCUT2D eigenvalue weighted by Gasteiger charge is 2.24. The van der Waals surface area contributed by atoms with Crippen LogP contribution in [-0.4, -0.2) is 51.1 Å². The molecule has 3 aromatic rings. The number of nitrogens with two attached hydrogens (primary N) is 1. The van der Waals surface area contributed by atoms with Gasteiger partial charge < -0.3 is 21.1 Å². The largest absolute Gasteiger partial charge is 0.465 e. The lowest BCUT2D eigenvalue weighted by Crippen LogP contribution is -2.44. The molecule has 8 heteroatoms. The minimum Gasteiger partial charge on any atom is -0.465 e. The van der Waals surface area contributed by atoms with Gasteiger partial charge in [-0.2, -0.15) is 0 Å². The van der Waals surface area contributed by atoms with Gasteiger partial charge in [-0.1, -0.05) is 30.3 Å². The fraction of sp³-hybridized carbons (Fsp3) is 0.238. The Morgan fingerprint density at radius 2 is 1.93 bits per heavy atom. The Kier molecular flexibility index (Phi) is 4.99. The molecule has 29 heavy (non-hydrogen) atoms. The molecule has 1 aliphatic rings. The molecule has 1 atom stereocenters. The summed E-state index contributed by atoms with van der Waals surface area (Å²) < 4.78 is 0. The lowest BCUT2D eigenvalue weighted by molar-refractivity contribution is 0.100. The number of benzene rings is 2. The lowest BCUT2D eigenvalue weighted by atomic mass is 9.99. The van der Waals surface area contributed by atoms with Gasteiger partial charge in [0, 0.05) is 24.5 Å². The first-order valence-corrected chi connectivity index (χ1v) is 9.41. The van der Waals surface area contributed by atoms with Crippen molar-refractivity contribution in [2.24, 2.45) is 5.73 Å². The van der Waals surface area contributed by atoms with Crippen LogP contribution in [-0.2, 0) is 0 Å². The smallest absolute Gasteiger partial charge is 0.407 e. The number of piperidine rings is 1. The third-order valence-corrected chi connectivity index (χ3v) is 5.14. The predicted molar refractivity (Wildman–Crippen MR) is 110 cm³/mol. The molecule has 1 aromatic heterocycles. The number of anilines is 1. The van der Waals surface area contributed by atoms with E-state index < -0.39 is 12.0 Å². The van der Waals surface area contributed by atoms with Gasteiger partial charge in [0.1, 0.15) is 12.1 Å². The highest BCUT2D eigenvalue weighted by Crippen LogP contribution is 2.30. The first-order valence-electron chi connectivity index (χ1n) is 9.41. The average molecular weight is 391 g/mol. The van der Waals surface area contributed by atoms with Crippen LogP contribution in [0.2, 0.25) is 0 Å². The van der Waals surface area contributed by atoms with E-state index in [-0.39, 0.29) is 6.04 Å². The number of likely N-dealkylation sites (tertiary alicyclic amines) is 1. The normalized spacial score (nSPS) is 16.6. The summed E-state index contributed by atoms with van der Waals surface area (Å²) in [5, 5.41) is 13.3. The maximum Gasteiger partial charge on any atom is 0.407 e. The Morgan fingerprint density at radius 1 is 1.14 bits per heavy atom. The number of rotatable bonds is 4. The average Bonchev–Trinajstić information content (AvgIpc) is 2.74. The van der Waals surface area contributed by atoms with Crippen LogP contribution in [0.1, 0.15) is 23.2 Å². The van der Waals surface area contributed by atoms with E-state index in [1.165, 1.54) is 11.2 Å². The van der Waals surface area contributed by atoms with Crippen molar-refractivity contribution >= 4 is 28.7 Å². The molecule has 4 rings (SSSR count). The molecule has 0 saturated carbocycles. The summed E-state index contributed by atoms with van der Waals surface area (Å²) in [7, 11) is 0. The maximum atomic E-state index is 12.1. The van der Waals surface area contributed by atoms with Crippen LogP contribution in [0, 0.1) is 0 Å². The number of nitrogens with one attached hydrogen (secondary N) is 1. The second-order valence-corrected chi connectivity index (χ2v) is 7.08. The molecule has 2 aromatic carbocycles. The highest BCUT2D eigenvalue weighted by molar-refractivity contribution is 6.08. The van der Waals surface area contributed by atoms with Crippen LogP contribution in [0.5, 0.6) is 0 Å². The van der Waals surface area contributed by atoms with Crippen molar-refractivity contribution in [2.45, 2.75) is 18.9 Å². The zero-order valence-corrected chi connectivity index (χ0v) is 15.7. The molecule has 0 radical (unpaired) electrons. The van der Waals surface area contributed by atoms with Crippen LogP contribution in [0.4, 0.5) is 10.6 Å². The molecule has 4 N–H and O–H groups in total. The van der Waals surface area contributed by atoms with E-state index in [1.54, 1.807) is 6.07 Å². The number of carbonyl (C=O) groups excluding carboxylic acids is 1. The molecule has 2 amide bonds. The van der Waals surface area contributed by atoms with E-state index in [0.717, 1.165) is 24.0 Å². The number of primary amides is 1. The van der Waals surface area contributed by atoms with Crippen LogP contribution in [0.3, 0.4) is 0 Å². The predicted octanol–water partition coefficient (Wildman–Crippen LogP) is 2.95. The maximum absolute atomic E-state index is 12.1. The lowest BCUT2D eigenvalue weighted by Gasteiger charge is -2.31. The van der Waals surface area contributed by atoms with E-state index in [9.17, 15) is 14.7 Å². The molecule has 2 heterocycles. The molecular weight excluding hydrogens is 370 g/mol. The topological polar surface area (TPSA) is 121 Å². The van der Waals surface area contributed by atoms with Gasteiger partial charge in [-0.15, -0.1) is 0 Å². The first-order chi connectivity index (χ1) is 14.0. The minimum absolute atomic E-state index is 0.0737. The minimum atomic E-state index is -0.925. The molecular formula is C21H21N5O3. The zero-order valence-electron chi connectivity index (χ0n) is 15.7. The fourth-order valence-electron chi connectivity index (χ4n) is 3.73. The zero-order chi connectivity index (χ0) is 20.4. The molecule has 0 aliphatic carbocycles. The van der Waals surface area contributed by atoms with Gasteiger partial charge in [-0.05, 0) is 36.1 Å². The fourth-order valence-corrected chi connectivity index (χ4v) is 3.73. The van der Waals surface area contributed by atoms with Crippen molar-refractivity contribution in [1.29, 1.82) is 0 Å². The van der Waals surface area contributed by atoms with Gasteiger partial charge >= 0.3 is 6.09 Å². The van der Waals surface area contributed by atoms with Crippen molar-refractivity contribution in [3.63, 3.8) is 0 Å². The Morgan fingerprint density at radius 3 is 2.66 bits per heavy atom. The molecule has 1 aliphatic heterocycles. The second kappa shape index (κ2) is 7.75. The monoisotopic (exact) mass is 391 g/mol. The number of fused-ring (bicyclic) bond motifs is 1. The van der Waals surface area contributed by atoms with E-state index in [1.807, 2.05) is 36.4 Å². The second-order valence-electron chi connectivity index (χ2n) is 7.08. The summed E-state index contributed by atoms with van der Waals surface area (Å²) in [5.74, 6) is -0.000306. The van der Waals surface area contributed by atoms with Crippen LogP contribution >= 0.6 is 0 Å². The van der Waals surface area contributed by atoms with Crippen LogP contribution in [0.25, 0.3) is 22.0 Å². The number of amides is 2. The van der Waals surface area contributed by atoms with Crippen molar-refractivity contribution in [2.75, 3.05) is 18.4 Å². The molecule has 148 valence electrons. The van der Waals surface area contributed by atoms with Crippen molar-refractivity contribution < 1.29 is 14.7 Å². The molecule has 0 spiro atoms. The van der Waals surface area contributed by atoms with Crippen LogP contribution < -0.4 is 11.1 Å². The first kappa shape index (κ1) is 18.7. The van der Waals surface area contributed by atoms with E-state index >= 15 is 0 Å². The van der Waals surface area contributed by atoms with E-state index in [4.69, 9.17) is 5.73 Å². The Bertz CT molecular complexity index is 1070. The van der Waals surface area contributed by atoms with Gasteiger partial charge in [-0.25, -0.2) is 14.8 Å². The third-order valence-electron chi connectivity index (χ3n) is 5.14. The van der Waals surface area contributed by atoms with Gasteiger partial charge in [0.2, 0.25) is 0 Å². The number of hydrogen-bond acceptors (Lipinski definition) is 5. The molecule has 0 unspecified atom stereocenters. The number of carboxylic acid groups (broad SMARTS) is 1. The SMILES string of the molecule is NC(=O)c1cc(-c2ccccc2)cc2c(N[C@H]3CCCN(C(=O)O)C3)ncnc12. The number of nitrogens with zero attached hydrogens (tertiary/aromatic N) is 3.